The molecule has 1 aliphatic rings. The lowest BCUT2D eigenvalue weighted by Gasteiger charge is -2.18. The maximum atomic E-state index is 12.7. The molecule has 2 aromatic carbocycles. The maximum absolute atomic E-state index is 12.7. The number of pyridine rings is 1. The highest BCUT2D eigenvalue weighted by atomic mass is 32.2. The van der Waals surface area contributed by atoms with Gasteiger partial charge in [-0.15, -0.1) is 0 Å². The quantitative estimate of drug-likeness (QED) is 0.0848. The Morgan fingerprint density at radius 3 is 2.55 bits per heavy atom. The van der Waals surface area contributed by atoms with Crippen LogP contribution in [0.3, 0.4) is 0 Å². The molecule has 2 aromatic heterocycles. The number of rotatable bonds is 18. The van der Waals surface area contributed by atoms with Crippen molar-refractivity contribution in [2.45, 2.75) is 88.3 Å². The van der Waals surface area contributed by atoms with Gasteiger partial charge in [0.25, 0.3) is 0 Å². The SMILES string of the molecule is CCCCCCCC[S+]([O-])C(C)Cc1ccc2c(c1)OCO2.COCCCOc1ccnc(C[S+]([O-])c2nc3ccccc3[nH]2)c1C. The summed E-state index contributed by atoms with van der Waals surface area (Å²) < 4.78 is 46.5. The highest BCUT2D eigenvalue weighted by Crippen LogP contribution is 2.33. The Morgan fingerprint density at radius 1 is 0.957 bits per heavy atom. The summed E-state index contributed by atoms with van der Waals surface area (Å²) in [6.45, 7) is 7.78. The minimum atomic E-state index is -1.30. The van der Waals surface area contributed by atoms with Crippen LogP contribution in [0.5, 0.6) is 17.2 Å². The van der Waals surface area contributed by atoms with Crippen molar-refractivity contribution in [1.82, 2.24) is 15.0 Å². The smallest absolute Gasteiger partial charge is 0.322 e. The molecule has 0 spiro atoms. The Balaban J connectivity index is 0.000000215. The number of ether oxygens (including phenoxy) is 4. The van der Waals surface area contributed by atoms with Gasteiger partial charge in [-0.3, -0.25) is 9.97 Å². The van der Waals surface area contributed by atoms with Crippen LogP contribution < -0.4 is 14.2 Å². The van der Waals surface area contributed by atoms with Gasteiger partial charge in [-0.1, -0.05) is 62.0 Å². The van der Waals surface area contributed by atoms with E-state index in [2.05, 4.69) is 28.8 Å². The van der Waals surface area contributed by atoms with Gasteiger partial charge >= 0.3 is 5.16 Å². The van der Waals surface area contributed by atoms with Gasteiger partial charge in [0.1, 0.15) is 16.8 Å². The van der Waals surface area contributed by atoms with E-state index in [1.165, 1.54) is 37.7 Å². The molecular weight excluding hydrogens is 635 g/mol. The third-order valence-electron chi connectivity index (χ3n) is 7.97. The zero-order valence-corrected chi connectivity index (χ0v) is 29.8. The van der Waals surface area contributed by atoms with Crippen LogP contribution in [0, 0.1) is 6.92 Å². The van der Waals surface area contributed by atoms with E-state index in [1.54, 1.807) is 13.3 Å². The predicted octanol–water partition coefficient (Wildman–Crippen LogP) is 7.44. The van der Waals surface area contributed by atoms with Gasteiger partial charge in [0, 0.05) is 49.5 Å². The number of para-hydroxylation sites is 2. The molecule has 11 heteroatoms. The van der Waals surface area contributed by atoms with Gasteiger partial charge < -0.3 is 28.1 Å². The molecule has 1 aliphatic heterocycles. The average molecular weight is 684 g/mol. The van der Waals surface area contributed by atoms with Crippen LogP contribution in [-0.4, -0.2) is 62.2 Å². The van der Waals surface area contributed by atoms with Crippen molar-refractivity contribution >= 4 is 33.4 Å². The van der Waals surface area contributed by atoms with Gasteiger partial charge in [-0.25, -0.2) is 0 Å². The molecule has 0 bridgehead atoms. The lowest BCUT2D eigenvalue weighted by Crippen LogP contribution is -2.23. The zero-order valence-electron chi connectivity index (χ0n) is 28.1. The number of unbranched alkanes of at least 4 members (excludes halogenated alkanes) is 5. The molecule has 0 aliphatic carbocycles. The summed E-state index contributed by atoms with van der Waals surface area (Å²) in [6.07, 6.45) is 10.8. The number of fused-ring (bicyclic) bond motifs is 2. The number of benzene rings is 2. The Morgan fingerprint density at radius 2 is 1.74 bits per heavy atom. The highest BCUT2D eigenvalue weighted by molar-refractivity contribution is 7.92. The largest absolute Gasteiger partial charge is 0.616 e. The highest BCUT2D eigenvalue weighted by Gasteiger charge is 2.21. The number of methoxy groups -OCH3 is 1. The first-order valence-electron chi connectivity index (χ1n) is 16.5. The number of imidazole rings is 1. The summed E-state index contributed by atoms with van der Waals surface area (Å²) >= 11 is -2.04. The third kappa shape index (κ3) is 11.6. The predicted molar refractivity (Wildman–Crippen MR) is 189 cm³/mol. The van der Waals surface area contributed by atoms with Crippen molar-refractivity contribution in [1.29, 1.82) is 0 Å². The van der Waals surface area contributed by atoms with Crippen LogP contribution in [-0.2, 0) is 39.3 Å². The van der Waals surface area contributed by atoms with Gasteiger partial charge in [-0.2, -0.15) is 4.98 Å². The van der Waals surface area contributed by atoms with Crippen molar-refractivity contribution in [3.63, 3.8) is 0 Å². The van der Waals surface area contributed by atoms with E-state index in [4.69, 9.17) is 18.9 Å². The minimum absolute atomic E-state index is 0.191. The molecule has 4 aromatic rings. The van der Waals surface area contributed by atoms with Crippen molar-refractivity contribution in [3.8, 4) is 17.2 Å². The second-order valence-electron chi connectivity index (χ2n) is 11.7. The molecule has 3 unspecified atom stereocenters. The lowest BCUT2D eigenvalue weighted by atomic mass is 10.1. The Bertz CT molecular complexity index is 1470. The van der Waals surface area contributed by atoms with E-state index >= 15 is 0 Å². The fourth-order valence-electron chi connectivity index (χ4n) is 5.19. The Kier molecular flexibility index (Phi) is 15.5. The first kappa shape index (κ1) is 36.9. The molecule has 3 heterocycles. The van der Waals surface area contributed by atoms with Gasteiger partial charge in [0.2, 0.25) is 6.79 Å². The Hall–Kier alpha value is -2.96. The van der Waals surface area contributed by atoms with Crippen LogP contribution in [0.25, 0.3) is 11.0 Å². The summed E-state index contributed by atoms with van der Waals surface area (Å²) in [5.41, 5.74) is 4.52. The van der Waals surface area contributed by atoms with Crippen molar-refractivity contribution in [3.05, 3.63) is 71.5 Å². The summed E-state index contributed by atoms with van der Waals surface area (Å²) in [6, 6.07) is 15.5. The van der Waals surface area contributed by atoms with E-state index in [-0.39, 0.29) is 5.25 Å². The molecule has 256 valence electrons. The maximum Gasteiger partial charge on any atom is 0.322 e. The summed E-state index contributed by atoms with van der Waals surface area (Å²) in [4.78, 5) is 11.9. The molecule has 0 amide bonds. The van der Waals surface area contributed by atoms with E-state index in [9.17, 15) is 9.11 Å². The molecule has 47 heavy (non-hydrogen) atoms. The first-order valence-corrected chi connectivity index (χ1v) is 19.2. The number of hydrogen-bond acceptors (Lipinski definition) is 8. The molecule has 0 fully saturated rings. The topological polar surface area (TPSA) is 125 Å². The second-order valence-corrected chi connectivity index (χ2v) is 15.0. The summed E-state index contributed by atoms with van der Waals surface area (Å²) in [5, 5.41) is 0.657. The monoisotopic (exact) mass is 683 g/mol. The molecule has 3 atom stereocenters. The second kappa shape index (κ2) is 19.8. The van der Waals surface area contributed by atoms with Crippen LogP contribution >= 0.6 is 0 Å². The van der Waals surface area contributed by atoms with Crippen LogP contribution in [0.1, 0.15) is 75.6 Å². The number of nitrogens with one attached hydrogen (secondary N) is 1. The molecule has 0 saturated carbocycles. The van der Waals surface area contributed by atoms with Crippen LogP contribution in [0.4, 0.5) is 0 Å². The average Bonchev–Trinajstić information content (AvgIpc) is 3.74. The van der Waals surface area contributed by atoms with E-state index < -0.39 is 22.4 Å². The fraction of sp³-hybridized carbons (Fsp3) is 0.500. The van der Waals surface area contributed by atoms with Crippen LogP contribution in [0.2, 0.25) is 0 Å². The number of aromatic amines is 1. The fourth-order valence-corrected chi connectivity index (χ4v) is 7.56. The number of aromatic nitrogens is 3. The van der Waals surface area contributed by atoms with E-state index in [1.807, 2.05) is 55.5 Å². The molecule has 9 nitrogen and oxygen atoms in total. The normalized spacial score (nSPS) is 14.0. The van der Waals surface area contributed by atoms with E-state index in [0.29, 0.717) is 30.9 Å². The molecule has 0 radical (unpaired) electrons. The van der Waals surface area contributed by atoms with Crippen LogP contribution in [0.15, 0.2) is 59.9 Å². The summed E-state index contributed by atoms with van der Waals surface area (Å²) in [7, 11) is 1.67. The molecule has 5 rings (SSSR count). The minimum Gasteiger partial charge on any atom is -0.616 e. The lowest BCUT2D eigenvalue weighted by molar-refractivity contribution is 0.172. The number of hydrogen-bond donors (Lipinski definition) is 1. The molecule has 1 N–H and O–H groups in total. The van der Waals surface area contributed by atoms with Crippen molar-refractivity contribution in [2.24, 2.45) is 0 Å². The number of nitrogens with zero attached hydrogens (tertiary/aromatic N) is 2. The summed E-state index contributed by atoms with van der Waals surface area (Å²) in [5.74, 6) is 3.51. The van der Waals surface area contributed by atoms with Gasteiger partial charge in [-0.05, 0) is 62.6 Å². The number of H-pyrrole nitrogens is 1. The van der Waals surface area contributed by atoms with E-state index in [0.717, 1.165) is 64.6 Å². The standard InChI is InChI=1S/C18H21N3O3S.C18H28O3S/c1-13-16(19-9-8-17(13)24-11-5-10-23-2)12-25(22)18-20-14-6-3-4-7-15(14)21-18;1-3-4-5-6-7-8-11-22(19)15(2)12-16-9-10-17-18(13-16)21-14-20-17/h3-4,6-9H,5,10-12H2,1-2H3,(H,20,21);9-10,13,15H,3-8,11-12,14H2,1-2H3. The van der Waals surface area contributed by atoms with Gasteiger partial charge in [0.05, 0.1) is 23.3 Å². The molecular formula is C36H49N3O6S2. The van der Waals surface area contributed by atoms with Crippen molar-refractivity contribution < 1.29 is 28.1 Å². The molecule has 0 saturated heterocycles. The first-order chi connectivity index (χ1) is 22.9. The zero-order chi connectivity index (χ0) is 33.4. The van der Waals surface area contributed by atoms with Crippen molar-refractivity contribution in [2.75, 3.05) is 32.9 Å². The van der Waals surface area contributed by atoms with Gasteiger partial charge in [0.15, 0.2) is 17.3 Å². The Labute approximate surface area is 285 Å². The third-order valence-corrected chi connectivity index (χ3v) is 10.9.